The normalized spacial score (nSPS) is 23.1. The number of hydrogen-bond donors (Lipinski definition) is 0. The van der Waals surface area contributed by atoms with Gasteiger partial charge in [-0.3, -0.25) is 0 Å². The monoisotopic (exact) mass is 229 g/mol. The largest absolute Gasteiger partial charge is 0.389 e. The number of rotatable bonds is 4. The highest BCUT2D eigenvalue weighted by Crippen LogP contribution is 2.32. The predicted molar refractivity (Wildman–Crippen MR) is 71.1 cm³/mol. The molecule has 0 saturated carbocycles. The molecule has 1 aromatic rings. The van der Waals surface area contributed by atoms with Crippen LogP contribution in [0.4, 0.5) is 0 Å². The van der Waals surface area contributed by atoms with Crippen LogP contribution in [0.25, 0.3) is 0 Å². The van der Waals surface area contributed by atoms with Crippen molar-refractivity contribution in [2.45, 2.75) is 38.7 Å². The zero-order valence-electron chi connectivity index (χ0n) is 10.6. The van der Waals surface area contributed by atoms with Crippen LogP contribution in [-0.2, 0) is 4.84 Å². The highest BCUT2D eigenvalue weighted by Gasteiger charge is 2.34. The Balaban J connectivity index is 2.06. The van der Waals surface area contributed by atoms with Crippen molar-refractivity contribution in [2.75, 3.05) is 0 Å². The van der Waals surface area contributed by atoms with Crippen LogP contribution in [0.3, 0.4) is 0 Å². The van der Waals surface area contributed by atoms with E-state index in [2.05, 4.69) is 37.7 Å². The minimum atomic E-state index is -0.210. The number of hydrogen-bond acceptors (Lipinski definition) is 2. The lowest BCUT2D eigenvalue weighted by molar-refractivity contribution is -0.00312. The molecule has 0 aromatic heterocycles. The Morgan fingerprint density at radius 2 is 2.12 bits per heavy atom. The minimum absolute atomic E-state index is 0.210. The van der Waals surface area contributed by atoms with Crippen molar-refractivity contribution in [3.05, 3.63) is 48.0 Å². The first-order chi connectivity index (χ1) is 8.13. The third-order valence-corrected chi connectivity index (χ3v) is 3.15. The van der Waals surface area contributed by atoms with E-state index in [1.54, 1.807) is 0 Å². The average molecular weight is 229 g/mol. The summed E-state index contributed by atoms with van der Waals surface area (Å²) in [6.45, 7) is 8.28. The van der Waals surface area contributed by atoms with Crippen molar-refractivity contribution in [1.29, 1.82) is 0 Å². The van der Waals surface area contributed by atoms with Gasteiger partial charge in [0.25, 0.3) is 0 Å². The van der Waals surface area contributed by atoms with Gasteiger partial charge in [0.1, 0.15) is 5.60 Å². The Labute approximate surface area is 103 Å². The average Bonchev–Trinajstić information content (AvgIpc) is 2.72. The summed E-state index contributed by atoms with van der Waals surface area (Å²) in [6.07, 6.45) is 2.74. The predicted octanol–water partition coefficient (Wildman–Crippen LogP) is 3.93. The fourth-order valence-corrected chi connectivity index (χ4v) is 2.12. The van der Waals surface area contributed by atoms with Gasteiger partial charge in [0, 0.05) is 12.8 Å². The zero-order valence-corrected chi connectivity index (χ0v) is 10.6. The Hall–Kier alpha value is -1.57. The third-order valence-electron chi connectivity index (χ3n) is 3.15. The van der Waals surface area contributed by atoms with E-state index >= 15 is 0 Å². The molecule has 1 aromatic carbocycles. The minimum Gasteiger partial charge on any atom is -0.389 e. The Kier molecular flexibility index (Phi) is 3.32. The van der Waals surface area contributed by atoms with Gasteiger partial charge in [-0.05, 0) is 18.9 Å². The van der Waals surface area contributed by atoms with Crippen LogP contribution in [0, 0.1) is 0 Å². The molecule has 1 unspecified atom stereocenters. The van der Waals surface area contributed by atoms with E-state index < -0.39 is 0 Å². The van der Waals surface area contributed by atoms with Gasteiger partial charge in [0.2, 0.25) is 0 Å². The molecule has 2 nitrogen and oxygen atoms in total. The van der Waals surface area contributed by atoms with E-state index in [1.807, 2.05) is 18.2 Å². The topological polar surface area (TPSA) is 21.6 Å². The second-order valence-corrected chi connectivity index (χ2v) is 4.90. The van der Waals surface area contributed by atoms with Crippen LogP contribution in [0.2, 0.25) is 0 Å². The van der Waals surface area contributed by atoms with Crippen LogP contribution in [0.15, 0.2) is 47.6 Å². The number of oxime groups is 1. The molecule has 90 valence electrons. The highest BCUT2D eigenvalue weighted by atomic mass is 16.7. The number of nitrogens with zero attached hydrogens (tertiary/aromatic N) is 1. The van der Waals surface area contributed by atoms with E-state index in [1.165, 1.54) is 5.57 Å². The van der Waals surface area contributed by atoms with E-state index in [0.29, 0.717) is 0 Å². The van der Waals surface area contributed by atoms with Gasteiger partial charge >= 0.3 is 0 Å². The lowest BCUT2D eigenvalue weighted by Gasteiger charge is -2.22. The first kappa shape index (κ1) is 11.9. The van der Waals surface area contributed by atoms with Crippen molar-refractivity contribution in [1.82, 2.24) is 0 Å². The first-order valence-electron chi connectivity index (χ1n) is 6.10. The van der Waals surface area contributed by atoms with Gasteiger partial charge in [-0.1, -0.05) is 54.6 Å². The van der Waals surface area contributed by atoms with E-state index in [-0.39, 0.29) is 5.60 Å². The van der Waals surface area contributed by atoms with Crippen molar-refractivity contribution in [3.63, 3.8) is 0 Å². The number of benzene rings is 1. The molecule has 1 aliphatic heterocycles. The zero-order chi connectivity index (χ0) is 12.3. The Morgan fingerprint density at radius 1 is 1.41 bits per heavy atom. The summed E-state index contributed by atoms with van der Waals surface area (Å²) in [5, 5.41) is 4.22. The van der Waals surface area contributed by atoms with Crippen molar-refractivity contribution < 1.29 is 4.84 Å². The molecule has 0 aliphatic carbocycles. The van der Waals surface area contributed by atoms with Crippen LogP contribution >= 0.6 is 0 Å². The summed E-state index contributed by atoms with van der Waals surface area (Å²) >= 11 is 0. The molecule has 0 fully saturated rings. The van der Waals surface area contributed by atoms with Gasteiger partial charge in [0.15, 0.2) is 0 Å². The molecule has 0 spiro atoms. The molecule has 2 rings (SSSR count). The molecule has 0 bridgehead atoms. The van der Waals surface area contributed by atoms with Crippen molar-refractivity contribution in [2.24, 2.45) is 5.16 Å². The molecular formula is C15H19NO. The van der Waals surface area contributed by atoms with Gasteiger partial charge in [-0.15, -0.1) is 0 Å². The van der Waals surface area contributed by atoms with Crippen molar-refractivity contribution in [3.8, 4) is 0 Å². The standard InChI is InChI=1S/C15H19NO/c1-4-12(2)10-15(3)11-14(16-17-15)13-8-6-5-7-9-13/h5-9H,2,4,10-11H2,1,3H3. The smallest absolute Gasteiger partial charge is 0.144 e. The summed E-state index contributed by atoms with van der Waals surface area (Å²) in [7, 11) is 0. The molecule has 1 aliphatic rings. The maximum Gasteiger partial charge on any atom is 0.144 e. The summed E-state index contributed by atoms with van der Waals surface area (Å²) < 4.78 is 0. The SMILES string of the molecule is C=C(CC)CC1(C)CC(c2ccccc2)=NO1. The maximum atomic E-state index is 5.61. The Morgan fingerprint density at radius 3 is 2.76 bits per heavy atom. The van der Waals surface area contributed by atoms with Gasteiger partial charge < -0.3 is 4.84 Å². The summed E-state index contributed by atoms with van der Waals surface area (Å²) in [6, 6.07) is 10.2. The van der Waals surface area contributed by atoms with Crippen LogP contribution < -0.4 is 0 Å². The van der Waals surface area contributed by atoms with Gasteiger partial charge in [-0.2, -0.15) is 0 Å². The first-order valence-corrected chi connectivity index (χ1v) is 6.10. The van der Waals surface area contributed by atoms with E-state index in [4.69, 9.17) is 4.84 Å². The van der Waals surface area contributed by atoms with Gasteiger partial charge in [0.05, 0.1) is 5.71 Å². The molecule has 1 atom stereocenters. The molecule has 17 heavy (non-hydrogen) atoms. The second-order valence-electron chi connectivity index (χ2n) is 4.90. The summed E-state index contributed by atoms with van der Waals surface area (Å²) in [4.78, 5) is 5.61. The van der Waals surface area contributed by atoms with Crippen LogP contribution in [-0.4, -0.2) is 11.3 Å². The highest BCUT2D eigenvalue weighted by molar-refractivity contribution is 6.01. The fourth-order valence-electron chi connectivity index (χ4n) is 2.12. The second kappa shape index (κ2) is 4.74. The van der Waals surface area contributed by atoms with Crippen molar-refractivity contribution >= 4 is 5.71 Å². The fraction of sp³-hybridized carbons (Fsp3) is 0.400. The van der Waals surface area contributed by atoms with Crippen LogP contribution in [0.1, 0.15) is 38.7 Å². The van der Waals surface area contributed by atoms with E-state index in [0.717, 1.165) is 30.5 Å². The Bertz CT molecular complexity index is 435. The van der Waals surface area contributed by atoms with E-state index in [9.17, 15) is 0 Å². The molecule has 1 heterocycles. The third kappa shape index (κ3) is 2.76. The van der Waals surface area contributed by atoms with Gasteiger partial charge in [-0.25, -0.2) is 0 Å². The molecule has 0 radical (unpaired) electrons. The molecule has 0 amide bonds. The lowest BCUT2D eigenvalue weighted by atomic mass is 9.89. The maximum absolute atomic E-state index is 5.61. The molecule has 0 saturated heterocycles. The molecular weight excluding hydrogens is 210 g/mol. The van der Waals surface area contributed by atoms with Crippen LogP contribution in [0.5, 0.6) is 0 Å². The summed E-state index contributed by atoms with van der Waals surface area (Å²) in [5.74, 6) is 0. The molecule has 2 heteroatoms. The lowest BCUT2D eigenvalue weighted by Crippen LogP contribution is -2.25. The molecule has 0 N–H and O–H groups in total. The summed E-state index contributed by atoms with van der Waals surface area (Å²) in [5.41, 5.74) is 3.20. The quantitative estimate of drug-likeness (QED) is 0.717.